The molecule has 0 unspecified atom stereocenters. The predicted octanol–water partition coefficient (Wildman–Crippen LogP) is 0.326. The van der Waals surface area contributed by atoms with Crippen LogP contribution in [0.4, 0.5) is 0 Å². The highest BCUT2D eigenvalue weighted by Gasteiger charge is 2.46. The van der Waals surface area contributed by atoms with Crippen LogP contribution in [-0.2, 0) is 14.2 Å². The summed E-state index contributed by atoms with van der Waals surface area (Å²) in [7, 11) is 1.55. The first-order valence-electron chi connectivity index (χ1n) is 5.98. The molecule has 1 rings (SSSR count). The maximum atomic E-state index is 10.1. The van der Waals surface area contributed by atoms with E-state index in [1.807, 2.05) is 27.7 Å². The molecule has 0 aromatic carbocycles. The first-order valence-corrected chi connectivity index (χ1v) is 5.98. The Morgan fingerprint density at radius 1 is 1.24 bits per heavy atom. The van der Waals surface area contributed by atoms with E-state index >= 15 is 0 Å². The van der Waals surface area contributed by atoms with Crippen molar-refractivity contribution in [1.29, 1.82) is 0 Å². The van der Waals surface area contributed by atoms with E-state index in [9.17, 15) is 10.2 Å². The Morgan fingerprint density at radius 3 is 2.29 bits per heavy atom. The summed E-state index contributed by atoms with van der Waals surface area (Å²) in [5, 5.41) is 20.1. The molecule has 2 N–H and O–H groups in total. The molecule has 1 fully saturated rings. The minimum Gasteiger partial charge on any atom is -0.388 e. The van der Waals surface area contributed by atoms with Crippen LogP contribution in [0.5, 0.6) is 0 Å². The molecule has 0 aromatic rings. The van der Waals surface area contributed by atoms with Crippen molar-refractivity contribution in [2.75, 3.05) is 13.7 Å². The molecular formula is C12H24O5. The zero-order valence-corrected chi connectivity index (χ0v) is 11.2. The Morgan fingerprint density at radius 2 is 1.82 bits per heavy atom. The van der Waals surface area contributed by atoms with Crippen LogP contribution >= 0.6 is 0 Å². The summed E-state index contributed by atoms with van der Waals surface area (Å²) >= 11 is 0. The second-order valence-electron chi connectivity index (χ2n) is 5.27. The molecular weight excluding hydrogens is 224 g/mol. The molecule has 102 valence electrons. The topological polar surface area (TPSA) is 68.2 Å². The molecule has 0 aromatic heterocycles. The van der Waals surface area contributed by atoms with Gasteiger partial charge in [0, 0.05) is 7.11 Å². The molecule has 0 bridgehead atoms. The predicted molar refractivity (Wildman–Crippen MR) is 62.9 cm³/mol. The van der Waals surface area contributed by atoms with Crippen molar-refractivity contribution < 1.29 is 24.4 Å². The van der Waals surface area contributed by atoms with E-state index in [1.54, 1.807) is 7.11 Å². The summed E-state index contributed by atoms with van der Waals surface area (Å²) in [5.41, 5.74) is -0.650. The van der Waals surface area contributed by atoms with Crippen LogP contribution in [0.2, 0.25) is 0 Å². The Balaban J connectivity index is 2.68. The number of hydrogen-bond donors (Lipinski definition) is 2. The van der Waals surface area contributed by atoms with Crippen LogP contribution in [0, 0.1) is 0 Å². The van der Waals surface area contributed by atoms with Crippen molar-refractivity contribution in [2.45, 2.75) is 63.8 Å². The number of aliphatic hydroxyl groups excluding tert-OH is 2. The van der Waals surface area contributed by atoms with Crippen molar-refractivity contribution in [3.63, 3.8) is 0 Å². The molecule has 1 heterocycles. The van der Waals surface area contributed by atoms with Crippen LogP contribution in [0.1, 0.15) is 27.7 Å². The third kappa shape index (κ3) is 3.39. The molecule has 1 aliphatic heterocycles. The molecule has 5 heteroatoms. The number of methoxy groups -OCH3 is 1. The highest BCUT2D eigenvalue weighted by atomic mass is 16.6. The summed E-state index contributed by atoms with van der Waals surface area (Å²) in [6.45, 7) is 7.65. The Hall–Kier alpha value is -0.200. The van der Waals surface area contributed by atoms with Crippen LogP contribution < -0.4 is 0 Å². The van der Waals surface area contributed by atoms with Gasteiger partial charge in [0.05, 0.1) is 18.3 Å². The van der Waals surface area contributed by atoms with Gasteiger partial charge in [-0.15, -0.1) is 0 Å². The minimum absolute atomic E-state index is 0.0163. The molecule has 1 saturated heterocycles. The van der Waals surface area contributed by atoms with E-state index in [2.05, 4.69) is 0 Å². The molecule has 5 nitrogen and oxygen atoms in total. The summed E-state index contributed by atoms with van der Waals surface area (Å²) in [5.74, 6) is 0. The Bertz CT molecular complexity index is 241. The maximum absolute atomic E-state index is 10.1. The van der Waals surface area contributed by atoms with E-state index in [-0.39, 0.29) is 12.7 Å². The Kier molecular flexibility index (Phi) is 4.92. The standard InChI is InChI=1S/C12H24O5/c1-7(2)17-8-6-16-11(10(14)9(8)13)12(3,4)15-5/h7-11,13-14H,6H2,1-5H3/t8-,9+,10+,11-/m1/s1. The van der Waals surface area contributed by atoms with Crippen LogP contribution in [-0.4, -0.2) is 60.1 Å². The summed E-state index contributed by atoms with van der Waals surface area (Å²) in [6, 6.07) is 0. The molecule has 0 amide bonds. The molecule has 1 aliphatic rings. The van der Waals surface area contributed by atoms with Gasteiger partial charge in [0.2, 0.25) is 0 Å². The van der Waals surface area contributed by atoms with Crippen LogP contribution in [0.15, 0.2) is 0 Å². The van der Waals surface area contributed by atoms with E-state index in [0.717, 1.165) is 0 Å². The van der Waals surface area contributed by atoms with Gasteiger partial charge in [0.1, 0.15) is 24.4 Å². The van der Waals surface area contributed by atoms with Gasteiger partial charge in [0.25, 0.3) is 0 Å². The van der Waals surface area contributed by atoms with Gasteiger partial charge in [-0.3, -0.25) is 0 Å². The minimum atomic E-state index is -1.01. The second kappa shape index (κ2) is 5.63. The van der Waals surface area contributed by atoms with E-state index in [1.165, 1.54) is 0 Å². The zero-order chi connectivity index (χ0) is 13.2. The van der Waals surface area contributed by atoms with Gasteiger partial charge in [-0.2, -0.15) is 0 Å². The smallest absolute Gasteiger partial charge is 0.114 e. The number of ether oxygens (including phenoxy) is 3. The summed E-state index contributed by atoms with van der Waals surface area (Å²) in [4.78, 5) is 0. The maximum Gasteiger partial charge on any atom is 0.114 e. The fourth-order valence-corrected chi connectivity index (χ4v) is 1.99. The molecule has 0 saturated carbocycles. The fourth-order valence-electron chi connectivity index (χ4n) is 1.99. The largest absolute Gasteiger partial charge is 0.388 e. The highest BCUT2D eigenvalue weighted by molar-refractivity contribution is 4.95. The lowest BCUT2D eigenvalue weighted by molar-refractivity contribution is -0.248. The highest BCUT2D eigenvalue weighted by Crippen LogP contribution is 2.28. The van der Waals surface area contributed by atoms with Crippen LogP contribution in [0.25, 0.3) is 0 Å². The Labute approximate surface area is 103 Å². The lowest BCUT2D eigenvalue weighted by Gasteiger charge is -2.44. The van der Waals surface area contributed by atoms with Crippen molar-refractivity contribution in [3.8, 4) is 0 Å². The average molecular weight is 248 g/mol. The van der Waals surface area contributed by atoms with Gasteiger partial charge in [0.15, 0.2) is 0 Å². The van der Waals surface area contributed by atoms with Crippen molar-refractivity contribution >= 4 is 0 Å². The zero-order valence-electron chi connectivity index (χ0n) is 11.2. The van der Waals surface area contributed by atoms with E-state index in [4.69, 9.17) is 14.2 Å². The van der Waals surface area contributed by atoms with Gasteiger partial charge in [-0.05, 0) is 27.7 Å². The van der Waals surface area contributed by atoms with Crippen molar-refractivity contribution in [1.82, 2.24) is 0 Å². The third-order valence-corrected chi connectivity index (χ3v) is 3.14. The van der Waals surface area contributed by atoms with Crippen molar-refractivity contribution in [3.05, 3.63) is 0 Å². The molecule has 0 radical (unpaired) electrons. The fraction of sp³-hybridized carbons (Fsp3) is 1.00. The first kappa shape index (κ1) is 14.9. The van der Waals surface area contributed by atoms with E-state index < -0.39 is 30.0 Å². The SMILES string of the molecule is COC(C)(C)[C@@H]1OC[C@@H](OC(C)C)[C@H](O)[C@@H]1O. The monoisotopic (exact) mass is 248 g/mol. The number of hydrogen-bond acceptors (Lipinski definition) is 5. The number of rotatable bonds is 4. The average Bonchev–Trinajstić information content (AvgIpc) is 2.24. The van der Waals surface area contributed by atoms with Gasteiger partial charge >= 0.3 is 0 Å². The normalized spacial score (nSPS) is 35.3. The molecule has 17 heavy (non-hydrogen) atoms. The second-order valence-corrected chi connectivity index (χ2v) is 5.27. The third-order valence-electron chi connectivity index (χ3n) is 3.14. The lowest BCUT2D eigenvalue weighted by atomic mass is 9.89. The molecule has 0 spiro atoms. The van der Waals surface area contributed by atoms with Gasteiger partial charge in [-0.1, -0.05) is 0 Å². The summed E-state index contributed by atoms with van der Waals surface area (Å²) < 4.78 is 16.3. The number of aliphatic hydroxyl groups is 2. The van der Waals surface area contributed by atoms with Crippen LogP contribution in [0.3, 0.4) is 0 Å². The molecule has 0 aliphatic carbocycles. The summed E-state index contributed by atoms with van der Waals surface area (Å²) in [6.07, 6.45) is -3.03. The van der Waals surface area contributed by atoms with Crippen molar-refractivity contribution in [2.24, 2.45) is 0 Å². The molecule has 4 atom stereocenters. The first-order chi connectivity index (χ1) is 7.79. The van der Waals surface area contributed by atoms with Gasteiger partial charge in [-0.25, -0.2) is 0 Å². The quantitative estimate of drug-likeness (QED) is 0.750. The lowest BCUT2D eigenvalue weighted by Crippen LogP contribution is -2.61. The van der Waals surface area contributed by atoms with E-state index in [0.29, 0.717) is 0 Å². The van der Waals surface area contributed by atoms with Gasteiger partial charge < -0.3 is 24.4 Å².